The van der Waals surface area contributed by atoms with Gasteiger partial charge in [-0.1, -0.05) is 39.8 Å². The van der Waals surface area contributed by atoms with Gasteiger partial charge in [0.2, 0.25) is 0 Å². The molecule has 27 heavy (non-hydrogen) atoms. The first-order chi connectivity index (χ1) is 12.2. The minimum atomic E-state index is -0.329. The Kier molecular flexibility index (Phi) is 11.2. The second-order valence-corrected chi connectivity index (χ2v) is 8.27. The molecule has 1 fully saturated rings. The summed E-state index contributed by atoms with van der Waals surface area (Å²) < 4.78 is 5.76. The highest BCUT2D eigenvalue weighted by Gasteiger charge is 2.39. The number of esters is 1. The van der Waals surface area contributed by atoms with E-state index in [0.29, 0.717) is 11.7 Å². The molecule has 0 saturated heterocycles. The molecule has 2 rings (SSSR count). The third-order valence-corrected chi connectivity index (χ3v) is 5.98. The van der Waals surface area contributed by atoms with E-state index in [1.54, 1.807) is 12.1 Å². The molecule has 0 spiro atoms. The van der Waals surface area contributed by atoms with Crippen molar-refractivity contribution in [2.45, 2.75) is 98.0 Å². The van der Waals surface area contributed by atoms with E-state index in [1.807, 2.05) is 32.9 Å². The van der Waals surface area contributed by atoms with Gasteiger partial charge in [-0.05, 0) is 82.4 Å². The molecular weight excluding hydrogens is 355 g/mol. The first-order valence-corrected chi connectivity index (χ1v) is 10.2. The fraction of sp³-hybridized carbons (Fsp3) is 0.696. The quantitative estimate of drug-likeness (QED) is 0.420. The van der Waals surface area contributed by atoms with Gasteiger partial charge in [0.05, 0.1) is 5.41 Å². The van der Waals surface area contributed by atoms with Gasteiger partial charge in [-0.3, -0.25) is 4.79 Å². The van der Waals surface area contributed by atoms with Crippen LogP contribution in [0.15, 0.2) is 24.3 Å². The molecule has 1 aliphatic rings. The highest BCUT2D eigenvalue weighted by molar-refractivity contribution is 6.92. The zero-order chi connectivity index (χ0) is 19.8. The maximum Gasteiger partial charge on any atom is 0.312 e. The molecule has 1 aromatic carbocycles. The molecule has 0 bridgehead atoms. The monoisotopic (exact) mass is 395 g/mol. The fourth-order valence-electron chi connectivity index (χ4n) is 3.06. The van der Waals surface area contributed by atoms with Crippen LogP contribution in [0.4, 0.5) is 0 Å². The lowest BCUT2D eigenvalue weighted by molar-refractivity contribution is -0.170. The van der Waals surface area contributed by atoms with Crippen molar-refractivity contribution >= 4 is 15.9 Å². The third kappa shape index (κ3) is 7.82. The van der Waals surface area contributed by atoms with Gasteiger partial charge in [0, 0.05) is 0 Å². The summed E-state index contributed by atoms with van der Waals surface area (Å²) in [6, 6.07) is 7.43. The summed E-state index contributed by atoms with van der Waals surface area (Å²) >= 11 is 0. The Morgan fingerprint density at radius 1 is 1.15 bits per heavy atom. The summed E-state index contributed by atoms with van der Waals surface area (Å²) in [5.41, 5.74) is 0.833. The van der Waals surface area contributed by atoms with E-state index >= 15 is 0 Å². The number of hydrogen-bond acceptors (Lipinski definition) is 3. The van der Waals surface area contributed by atoms with E-state index < -0.39 is 0 Å². The Morgan fingerprint density at radius 2 is 1.67 bits per heavy atom. The van der Waals surface area contributed by atoms with Crippen molar-refractivity contribution in [2.24, 2.45) is 5.41 Å². The van der Waals surface area contributed by atoms with E-state index in [0.717, 1.165) is 32.1 Å². The van der Waals surface area contributed by atoms with Crippen molar-refractivity contribution in [2.75, 3.05) is 0 Å². The van der Waals surface area contributed by atoms with Crippen molar-refractivity contribution in [3.8, 4) is 5.75 Å². The van der Waals surface area contributed by atoms with Crippen LogP contribution in [0.25, 0.3) is 0 Å². The lowest BCUT2D eigenvalue weighted by Crippen LogP contribution is -2.37. The molecule has 0 radical (unpaired) electrons. The van der Waals surface area contributed by atoms with E-state index in [-0.39, 0.29) is 26.9 Å². The Balaban J connectivity index is 0.000000504. The van der Waals surface area contributed by atoms with Crippen molar-refractivity contribution in [1.82, 2.24) is 0 Å². The number of aromatic hydroxyl groups is 1. The minimum Gasteiger partial charge on any atom is -0.577 e. The first-order valence-electron chi connectivity index (χ1n) is 10.2. The maximum absolute atomic E-state index is 12.0. The van der Waals surface area contributed by atoms with Gasteiger partial charge in [-0.15, -0.1) is 0 Å². The van der Waals surface area contributed by atoms with Crippen LogP contribution in [0.3, 0.4) is 0 Å². The number of phenolic OH excluding ortho intramolecular Hbond substituents is 1. The average Bonchev–Trinajstić information content (AvgIpc) is 3.11. The zero-order valence-corrected chi connectivity index (χ0v) is 19.3. The van der Waals surface area contributed by atoms with E-state index in [1.165, 1.54) is 18.4 Å². The lowest BCUT2D eigenvalue weighted by Gasteiger charge is -2.32. The topological polar surface area (TPSA) is 46.5 Å². The number of ether oxygens (including phenoxy) is 1. The Bertz CT molecular complexity index is 545. The van der Waals surface area contributed by atoms with Crippen molar-refractivity contribution in [3.63, 3.8) is 0 Å². The predicted molar refractivity (Wildman–Crippen MR) is 118 cm³/mol. The standard InChI is InChI=1S/C13H24O2.C10H14O.H2P/c1-5-12(3,4)11(14)15-13(6-2)9-7-8-10-13;1-3-8(2)9-4-6-10(11)7-5-9;/h5-10H2,1-4H3;4-8,11H,3H2,1-2H3;1H2/q;;-1. The number of rotatable bonds is 6. The van der Waals surface area contributed by atoms with Gasteiger partial charge in [0.15, 0.2) is 0 Å². The van der Waals surface area contributed by atoms with Crippen LogP contribution in [0.2, 0.25) is 0 Å². The normalized spacial score (nSPS) is 16.5. The van der Waals surface area contributed by atoms with E-state index in [9.17, 15) is 4.79 Å². The van der Waals surface area contributed by atoms with Crippen LogP contribution in [-0.4, -0.2) is 16.7 Å². The van der Waals surface area contributed by atoms with Crippen LogP contribution >= 0.6 is 9.90 Å². The van der Waals surface area contributed by atoms with Crippen molar-refractivity contribution < 1.29 is 14.6 Å². The SMILES string of the molecule is CCC(C)c1ccc(O)cc1.CCC1(OC(=O)C(C)(C)CC)CCCC1.[PH2-]. The largest absolute Gasteiger partial charge is 0.577 e. The van der Waals surface area contributed by atoms with Crippen LogP contribution in [0.1, 0.15) is 98.0 Å². The highest BCUT2D eigenvalue weighted by Crippen LogP contribution is 2.38. The average molecular weight is 396 g/mol. The summed E-state index contributed by atoms with van der Waals surface area (Å²) in [6.45, 7) is 12.4. The van der Waals surface area contributed by atoms with Crippen molar-refractivity contribution in [1.29, 1.82) is 0 Å². The van der Waals surface area contributed by atoms with Crippen LogP contribution in [0.5, 0.6) is 5.75 Å². The van der Waals surface area contributed by atoms with Gasteiger partial charge < -0.3 is 19.7 Å². The summed E-state index contributed by atoms with van der Waals surface area (Å²) in [5.74, 6) is 0.918. The van der Waals surface area contributed by atoms with Crippen LogP contribution in [-0.2, 0) is 9.53 Å². The number of phenols is 1. The summed E-state index contributed by atoms with van der Waals surface area (Å²) in [7, 11) is 0. The summed E-state index contributed by atoms with van der Waals surface area (Å²) in [5, 5.41) is 9.01. The maximum atomic E-state index is 12.0. The minimum absolute atomic E-state index is 0. The van der Waals surface area contributed by atoms with Gasteiger partial charge in [-0.2, -0.15) is 0 Å². The number of carbonyl (C=O) groups is 1. The number of hydrogen-bond donors (Lipinski definition) is 1. The molecule has 4 heteroatoms. The molecular formula is C23H40O3P-. The summed E-state index contributed by atoms with van der Waals surface area (Å²) in [6.07, 6.45) is 7.44. The molecule has 0 aliphatic heterocycles. The first kappa shape index (κ1) is 25.9. The molecule has 0 aromatic heterocycles. The number of benzene rings is 1. The third-order valence-electron chi connectivity index (χ3n) is 5.98. The molecule has 1 N–H and O–H groups in total. The van der Waals surface area contributed by atoms with Gasteiger partial charge in [0.1, 0.15) is 11.4 Å². The van der Waals surface area contributed by atoms with Gasteiger partial charge in [-0.25, -0.2) is 0 Å². The lowest BCUT2D eigenvalue weighted by atomic mass is 9.89. The van der Waals surface area contributed by atoms with Crippen LogP contribution in [0, 0.1) is 5.41 Å². The molecule has 0 heterocycles. The second kappa shape index (κ2) is 11.7. The van der Waals surface area contributed by atoms with E-state index in [2.05, 4.69) is 20.8 Å². The molecule has 1 aromatic rings. The van der Waals surface area contributed by atoms with E-state index in [4.69, 9.17) is 9.84 Å². The Labute approximate surface area is 169 Å². The molecule has 1 saturated carbocycles. The summed E-state index contributed by atoms with van der Waals surface area (Å²) in [4.78, 5) is 12.0. The molecule has 156 valence electrons. The Morgan fingerprint density at radius 3 is 2.07 bits per heavy atom. The molecule has 3 nitrogen and oxygen atoms in total. The predicted octanol–water partition coefficient (Wildman–Crippen LogP) is 6.92. The fourth-order valence-corrected chi connectivity index (χ4v) is 3.06. The molecule has 1 unspecified atom stereocenters. The van der Waals surface area contributed by atoms with Crippen LogP contribution < -0.4 is 0 Å². The van der Waals surface area contributed by atoms with Gasteiger partial charge in [0.25, 0.3) is 0 Å². The zero-order valence-electron chi connectivity index (χ0n) is 18.2. The number of carbonyl (C=O) groups excluding carboxylic acids is 1. The molecule has 1 atom stereocenters. The second-order valence-electron chi connectivity index (χ2n) is 8.27. The molecule has 1 aliphatic carbocycles. The van der Waals surface area contributed by atoms with Crippen molar-refractivity contribution in [3.05, 3.63) is 29.8 Å². The van der Waals surface area contributed by atoms with Gasteiger partial charge >= 0.3 is 5.97 Å². The Hall–Kier alpha value is -1.08. The highest BCUT2D eigenvalue weighted by atomic mass is 31.0. The smallest absolute Gasteiger partial charge is 0.312 e. The molecule has 0 amide bonds.